The van der Waals surface area contributed by atoms with E-state index in [1.54, 1.807) is 0 Å². The SMILES string of the molecule is C#CCNN(Cc1cc(C)c(C)c(C)c1)C(=O)O. The third-order valence-corrected chi connectivity index (χ3v) is 2.93. The largest absolute Gasteiger partial charge is 0.464 e. The van der Waals surface area contributed by atoms with E-state index >= 15 is 0 Å². The summed E-state index contributed by atoms with van der Waals surface area (Å²) in [7, 11) is 0. The van der Waals surface area contributed by atoms with Crippen molar-refractivity contribution in [2.24, 2.45) is 0 Å². The number of benzene rings is 1. The monoisotopic (exact) mass is 246 g/mol. The number of carboxylic acid groups (broad SMARTS) is 1. The van der Waals surface area contributed by atoms with Crippen LogP contribution in [-0.2, 0) is 6.54 Å². The Morgan fingerprint density at radius 3 is 2.39 bits per heavy atom. The number of terminal acetylenes is 1. The number of aryl methyl sites for hydroxylation is 2. The fourth-order valence-electron chi connectivity index (χ4n) is 1.73. The number of nitrogens with one attached hydrogen (secondary N) is 1. The highest BCUT2D eigenvalue weighted by Crippen LogP contribution is 2.16. The zero-order valence-electron chi connectivity index (χ0n) is 10.9. The molecule has 1 amide bonds. The fraction of sp³-hybridized carbons (Fsp3) is 0.357. The summed E-state index contributed by atoms with van der Waals surface area (Å²) in [5, 5.41) is 10.1. The van der Waals surface area contributed by atoms with Crippen LogP contribution in [0.25, 0.3) is 0 Å². The number of hydrazine groups is 1. The number of carbonyl (C=O) groups is 1. The van der Waals surface area contributed by atoms with E-state index < -0.39 is 6.09 Å². The molecule has 0 fully saturated rings. The van der Waals surface area contributed by atoms with Gasteiger partial charge in [0.05, 0.1) is 13.1 Å². The lowest BCUT2D eigenvalue weighted by Gasteiger charge is -2.20. The van der Waals surface area contributed by atoms with Crippen LogP contribution in [0.2, 0.25) is 0 Å². The van der Waals surface area contributed by atoms with Crippen LogP contribution in [0, 0.1) is 33.1 Å². The molecule has 0 aliphatic rings. The molecular weight excluding hydrogens is 228 g/mol. The molecule has 1 rings (SSSR count). The minimum atomic E-state index is -1.04. The maximum absolute atomic E-state index is 11.0. The van der Waals surface area contributed by atoms with Crippen molar-refractivity contribution < 1.29 is 9.90 Å². The fourth-order valence-corrected chi connectivity index (χ4v) is 1.73. The standard InChI is InChI=1S/C14H18N2O2/c1-5-6-15-16(14(17)18)9-13-7-10(2)12(4)11(3)8-13/h1,7-8,15H,6,9H2,2-4H3,(H,17,18). The van der Waals surface area contributed by atoms with Gasteiger partial charge in [0.25, 0.3) is 0 Å². The summed E-state index contributed by atoms with van der Waals surface area (Å²) in [5.41, 5.74) is 7.17. The van der Waals surface area contributed by atoms with Crippen molar-refractivity contribution >= 4 is 6.09 Å². The Kier molecular flexibility index (Phi) is 4.75. The van der Waals surface area contributed by atoms with Gasteiger partial charge in [0.15, 0.2) is 0 Å². The van der Waals surface area contributed by atoms with E-state index in [1.165, 1.54) is 5.56 Å². The minimum absolute atomic E-state index is 0.191. The summed E-state index contributed by atoms with van der Waals surface area (Å²) in [4.78, 5) is 11.0. The molecule has 18 heavy (non-hydrogen) atoms. The van der Waals surface area contributed by atoms with Crippen molar-refractivity contribution in [3.8, 4) is 12.3 Å². The third-order valence-electron chi connectivity index (χ3n) is 2.93. The predicted octanol–water partition coefficient (Wildman–Crippen LogP) is 2.23. The van der Waals surface area contributed by atoms with Gasteiger partial charge in [-0.1, -0.05) is 18.1 Å². The van der Waals surface area contributed by atoms with Crippen LogP contribution < -0.4 is 5.43 Å². The predicted molar refractivity (Wildman–Crippen MR) is 71.1 cm³/mol. The second kappa shape index (κ2) is 6.08. The van der Waals surface area contributed by atoms with Crippen molar-refractivity contribution in [3.63, 3.8) is 0 Å². The Labute approximate surface area is 108 Å². The zero-order chi connectivity index (χ0) is 13.7. The highest BCUT2D eigenvalue weighted by molar-refractivity contribution is 5.64. The van der Waals surface area contributed by atoms with Gasteiger partial charge in [-0.05, 0) is 43.0 Å². The molecule has 0 aromatic heterocycles. The molecule has 0 unspecified atom stereocenters. The molecule has 0 saturated heterocycles. The minimum Gasteiger partial charge on any atom is -0.464 e. The molecule has 0 spiro atoms. The molecule has 2 N–H and O–H groups in total. The average molecular weight is 246 g/mol. The van der Waals surface area contributed by atoms with Crippen LogP contribution in [0.15, 0.2) is 12.1 Å². The van der Waals surface area contributed by atoms with Crippen molar-refractivity contribution in [3.05, 3.63) is 34.4 Å². The van der Waals surface area contributed by atoms with Gasteiger partial charge in [0, 0.05) is 0 Å². The van der Waals surface area contributed by atoms with Gasteiger partial charge < -0.3 is 5.11 Å². The molecule has 0 aliphatic carbocycles. The summed E-state index contributed by atoms with van der Waals surface area (Å²) < 4.78 is 0. The van der Waals surface area contributed by atoms with Gasteiger partial charge in [-0.15, -0.1) is 6.42 Å². The number of amides is 1. The molecule has 0 atom stereocenters. The molecule has 0 saturated carbocycles. The van der Waals surface area contributed by atoms with Gasteiger partial charge >= 0.3 is 6.09 Å². The van der Waals surface area contributed by atoms with E-state index in [0.29, 0.717) is 0 Å². The first kappa shape index (κ1) is 14.1. The van der Waals surface area contributed by atoms with Crippen molar-refractivity contribution in [2.45, 2.75) is 27.3 Å². The van der Waals surface area contributed by atoms with E-state index in [9.17, 15) is 4.79 Å². The van der Waals surface area contributed by atoms with Gasteiger partial charge in [0.1, 0.15) is 0 Å². The van der Waals surface area contributed by atoms with Crippen molar-refractivity contribution in [2.75, 3.05) is 6.54 Å². The first-order chi connectivity index (χ1) is 8.45. The number of hydrogen-bond donors (Lipinski definition) is 2. The van der Waals surface area contributed by atoms with Gasteiger partial charge in [0.2, 0.25) is 0 Å². The zero-order valence-corrected chi connectivity index (χ0v) is 10.9. The van der Waals surface area contributed by atoms with Crippen LogP contribution in [0.4, 0.5) is 4.79 Å². The Morgan fingerprint density at radius 1 is 1.39 bits per heavy atom. The first-order valence-corrected chi connectivity index (χ1v) is 5.70. The first-order valence-electron chi connectivity index (χ1n) is 5.70. The summed E-state index contributed by atoms with van der Waals surface area (Å²) in [6.07, 6.45) is 4.07. The van der Waals surface area contributed by atoms with Crippen LogP contribution in [0.3, 0.4) is 0 Å². The lowest BCUT2D eigenvalue weighted by molar-refractivity contribution is 0.119. The Balaban J connectivity index is 2.88. The highest BCUT2D eigenvalue weighted by atomic mass is 16.4. The van der Waals surface area contributed by atoms with E-state index in [4.69, 9.17) is 11.5 Å². The second-order valence-corrected chi connectivity index (χ2v) is 4.26. The molecule has 0 bridgehead atoms. The van der Waals surface area contributed by atoms with Gasteiger partial charge in [-0.2, -0.15) is 0 Å². The van der Waals surface area contributed by atoms with Gasteiger partial charge in [-0.3, -0.25) is 0 Å². The van der Waals surface area contributed by atoms with E-state index in [-0.39, 0.29) is 13.1 Å². The second-order valence-electron chi connectivity index (χ2n) is 4.26. The topological polar surface area (TPSA) is 52.6 Å². The average Bonchev–Trinajstić information content (AvgIpc) is 2.30. The maximum atomic E-state index is 11.0. The van der Waals surface area contributed by atoms with E-state index in [0.717, 1.165) is 21.7 Å². The van der Waals surface area contributed by atoms with Crippen LogP contribution in [0.5, 0.6) is 0 Å². The quantitative estimate of drug-likeness (QED) is 0.632. The molecule has 0 radical (unpaired) electrons. The van der Waals surface area contributed by atoms with Crippen LogP contribution in [0.1, 0.15) is 22.3 Å². The van der Waals surface area contributed by atoms with Gasteiger partial charge in [-0.25, -0.2) is 15.2 Å². The molecule has 96 valence electrons. The number of rotatable bonds is 4. The maximum Gasteiger partial charge on any atom is 0.422 e. The van der Waals surface area contributed by atoms with Crippen molar-refractivity contribution in [1.29, 1.82) is 0 Å². The van der Waals surface area contributed by atoms with Crippen LogP contribution in [-0.4, -0.2) is 22.8 Å². The lowest BCUT2D eigenvalue weighted by atomic mass is 10.0. The molecule has 0 aliphatic heterocycles. The normalized spacial score (nSPS) is 9.89. The molecule has 4 nitrogen and oxygen atoms in total. The lowest BCUT2D eigenvalue weighted by Crippen LogP contribution is -2.41. The summed E-state index contributed by atoms with van der Waals surface area (Å²) >= 11 is 0. The third kappa shape index (κ3) is 3.51. The van der Waals surface area contributed by atoms with Crippen LogP contribution >= 0.6 is 0 Å². The summed E-state index contributed by atoms with van der Waals surface area (Å²) in [5.74, 6) is 2.35. The molecule has 0 heterocycles. The Morgan fingerprint density at radius 2 is 1.94 bits per heavy atom. The smallest absolute Gasteiger partial charge is 0.422 e. The molecule has 4 heteroatoms. The molecule has 1 aromatic rings. The summed E-state index contributed by atoms with van der Waals surface area (Å²) in [6.45, 7) is 6.56. The number of hydrogen-bond acceptors (Lipinski definition) is 2. The summed E-state index contributed by atoms with van der Waals surface area (Å²) in [6, 6.07) is 3.99. The number of nitrogens with zero attached hydrogens (tertiary/aromatic N) is 1. The highest BCUT2D eigenvalue weighted by Gasteiger charge is 2.12. The molecular formula is C14H18N2O2. The van der Waals surface area contributed by atoms with E-state index in [2.05, 4.69) is 18.3 Å². The van der Waals surface area contributed by atoms with E-state index in [1.807, 2.05) is 26.0 Å². The van der Waals surface area contributed by atoms with Crippen molar-refractivity contribution in [1.82, 2.24) is 10.4 Å². The Hall–Kier alpha value is -1.99. The Bertz CT molecular complexity index is 466. The molecule has 1 aromatic carbocycles.